The Morgan fingerprint density at radius 2 is 1.85 bits per heavy atom. The molecule has 0 spiro atoms. The van der Waals surface area contributed by atoms with E-state index in [-0.39, 0.29) is 16.9 Å². The van der Waals surface area contributed by atoms with Crippen LogP contribution in [-0.4, -0.2) is 26.9 Å². The number of pyridine rings is 2. The van der Waals surface area contributed by atoms with Crippen molar-refractivity contribution in [3.05, 3.63) is 81.8 Å². The summed E-state index contributed by atoms with van der Waals surface area (Å²) in [7, 11) is 1.47. The number of aryl methyl sites for hydroxylation is 1. The number of hydrogen-bond donors (Lipinski definition) is 1. The number of nitrogens with one attached hydrogen (secondary N) is 1. The Morgan fingerprint density at radius 3 is 2.58 bits per heavy atom. The van der Waals surface area contributed by atoms with E-state index in [1.54, 1.807) is 32.2 Å². The van der Waals surface area contributed by atoms with E-state index < -0.39 is 23.8 Å². The average Bonchev–Trinajstić information content (AvgIpc) is 2.80. The molecular formula is C23H20F3N5O2. The number of fused-ring (bicyclic) bond motifs is 1. The van der Waals surface area contributed by atoms with Gasteiger partial charge in [-0.15, -0.1) is 5.10 Å². The molecule has 0 unspecified atom stereocenters. The van der Waals surface area contributed by atoms with Crippen LogP contribution in [0.3, 0.4) is 0 Å². The van der Waals surface area contributed by atoms with E-state index in [0.29, 0.717) is 28.0 Å². The summed E-state index contributed by atoms with van der Waals surface area (Å²) in [5.41, 5.74) is 0.155. The third-order valence-electron chi connectivity index (χ3n) is 5.32. The summed E-state index contributed by atoms with van der Waals surface area (Å²) < 4.78 is 47.4. The molecule has 3 aromatic heterocycles. The minimum absolute atomic E-state index is 0.0653. The van der Waals surface area contributed by atoms with Gasteiger partial charge in [0.25, 0.3) is 12.0 Å². The molecule has 1 aromatic carbocycles. The molecule has 1 N–H and O–H groups in total. The van der Waals surface area contributed by atoms with Crippen molar-refractivity contribution in [2.75, 3.05) is 12.4 Å². The molecular weight excluding hydrogens is 435 g/mol. The van der Waals surface area contributed by atoms with Crippen LogP contribution in [0.25, 0.3) is 16.5 Å². The molecule has 0 aliphatic carbocycles. The van der Waals surface area contributed by atoms with Gasteiger partial charge < -0.3 is 10.1 Å². The number of anilines is 1. The lowest BCUT2D eigenvalue weighted by atomic mass is 10.0. The van der Waals surface area contributed by atoms with E-state index in [1.165, 1.54) is 36.1 Å². The van der Waals surface area contributed by atoms with Gasteiger partial charge in [-0.25, -0.2) is 18.2 Å². The Hall–Kier alpha value is -3.95. The van der Waals surface area contributed by atoms with Crippen molar-refractivity contribution < 1.29 is 17.9 Å². The summed E-state index contributed by atoms with van der Waals surface area (Å²) in [6.07, 6.45) is 0.180. The van der Waals surface area contributed by atoms with Gasteiger partial charge in [-0.2, -0.15) is 5.10 Å². The van der Waals surface area contributed by atoms with E-state index in [9.17, 15) is 18.0 Å². The summed E-state index contributed by atoms with van der Waals surface area (Å²) in [6.45, 7) is 3.35. The molecule has 0 saturated carbocycles. The lowest BCUT2D eigenvalue weighted by molar-refractivity contribution is 0.146. The molecule has 0 amide bonds. The van der Waals surface area contributed by atoms with E-state index in [4.69, 9.17) is 4.74 Å². The van der Waals surface area contributed by atoms with Crippen LogP contribution in [-0.2, 0) is 0 Å². The highest BCUT2D eigenvalue weighted by Crippen LogP contribution is 2.30. The first-order valence-electron chi connectivity index (χ1n) is 10.0. The lowest BCUT2D eigenvalue weighted by Gasteiger charge is -2.19. The summed E-state index contributed by atoms with van der Waals surface area (Å²) in [4.78, 5) is 16.8. The van der Waals surface area contributed by atoms with Crippen molar-refractivity contribution in [1.29, 1.82) is 0 Å². The van der Waals surface area contributed by atoms with Gasteiger partial charge in [-0.3, -0.25) is 9.36 Å². The topological polar surface area (TPSA) is 81.9 Å². The maximum absolute atomic E-state index is 14.6. The smallest absolute Gasteiger partial charge is 0.266 e. The van der Waals surface area contributed by atoms with Gasteiger partial charge in [0.2, 0.25) is 5.88 Å². The Balaban J connectivity index is 1.81. The van der Waals surface area contributed by atoms with Crippen molar-refractivity contribution in [2.45, 2.75) is 26.3 Å². The maximum atomic E-state index is 14.6. The minimum Gasteiger partial charge on any atom is -0.481 e. The number of aromatic nitrogens is 4. The second-order valence-electron chi connectivity index (χ2n) is 7.42. The van der Waals surface area contributed by atoms with Crippen molar-refractivity contribution in [2.24, 2.45) is 0 Å². The molecule has 4 rings (SSSR count). The fourth-order valence-corrected chi connectivity index (χ4v) is 3.58. The minimum atomic E-state index is -2.93. The van der Waals surface area contributed by atoms with Crippen LogP contribution in [0.4, 0.5) is 19.0 Å². The zero-order valence-electron chi connectivity index (χ0n) is 18.0. The van der Waals surface area contributed by atoms with Crippen LogP contribution in [0.5, 0.6) is 5.88 Å². The molecule has 0 aliphatic heterocycles. The van der Waals surface area contributed by atoms with Crippen LogP contribution in [0.2, 0.25) is 0 Å². The molecule has 7 nitrogen and oxygen atoms in total. The summed E-state index contributed by atoms with van der Waals surface area (Å²) in [6, 6.07) is 7.85. The fourth-order valence-electron chi connectivity index (χ4n) is 3.58. The molecule has 0 aliphatic rings. The molecule has 10 heteroatoms. The Labute approximate surface area is 186 Å². The normalized spacial score (nSPS) is 12.2. The van der Waals surface area contributed by atoms with Crippen LogP contribution >= 0.6 is 0 Å². The van der Waals surface area contributed by atoms with Gasteiger partial charge in [0.1, 0.15) is 5.82 Å². The first-order valence-corrected chi connectivity index (χ1v) is 10.0. The average molecular weight is 455 g/mol. The SMILES string of the molecule is COc1cc(-n2cc3c(N[C@H](C)c4cccc(C(F)F)c4F)nnc(C)c3cc2=O)ccn1. The molecule has 3 heterocycles. The van der Waals surface area contributed by atoms with Gasteiger partial charge in [-0.1, -0.05) is 18.2 Å². The number of nitrogens with zero attached hydrogens (tertiary/aromatic N) is 4. The van der Waals surface area contributed by atoms with E-state index >= 15 is 0 Å². The molecule has 0 bridgehead atoms. The molecule has 33 heavy (non-hydrogen) atoms. The zero-order chi connectivity index (χ0) is 23.7. The third kappa shape index (κ3) is 4.23. The molecule has 170 valence electrons. The zero-order valence-corrected chi connectivity index (χ0v) is 18.0. The molecule has 0 fully saturated rings. The summed E-state index contributed by atoms with van der Waals surface area (Å²) in [5, 5.41) is 12.4. The highest BCUT2D eigenvalue weighted by Gasteiger charge is 2.21. The molecule has 0 radical (unpaired) electrons. The van der Waals surface area contributed by atoms with Gasteiger partial charge in [-0.05, 0) is 19.9 Å². The van der Waals surface area contributed by atoms with Crippen LogP contribution in [0.1, 0.15) is 36.2 Å². The lowest BCUT2D eigenvalue weighted by Crippen LogP contribution is -2.18. The number of rotatable bonds is 6. The summed E-state index contributed by atoms with van der Waals surface area (Å²) >= 11 is 0. The molecule has 0 saturated heterocycles. The number of alkyl halides is 2. The largest absolute Gasteiger partial charge is 0.481 e. The first-order chi connectivity index (χ1) is 15.8. The van der Waals surface area contributed by atoms with E-state index in [0.717, 1.165) is 6.07 Å². The highest BCUT2D eigenvalue weighted by atomic mass is 19.3. The second-order valence-corrected chi connectivity index (χ2v) is 7.42. The third-order valence-corrected chi connectivity index (χ3v) is 5.32. The van der Waals surface area contributed by atoms with Crippen LogP contribution < -0.4 is 15.6 Å². The van der Waals surface area contributed by atoms with Crippen LogP contribution in [0, 0.1) is 12.7 Å². The van der Waals surface area contributed by atoms with Crippen molar-refractivity contribution in [3.63, 3.8) is 0 Å². The van der Waals surface area contributed by atoms with Gasteiger partial charge in [0.15, 0.2) is 5.82 Å². The molecule has 4 aromatic rings. The maximum Gasteiger partial charge on any atom is 0.266 e. The monoisotopic (exact) mass is 455 g/mol. The highest BCUT2D eigenvalue weighted by molar-refractivity contribution is 5.92. The number of ether oxygens (including phenoxy) is 1. The molecule has 1 atom stereocenters. The first kappa shape index (κ1) is 22.3. The number of benzene rings is 1. The fraction of sp³-hybridized carbons (Fsp3) is 0.217. The Bertz CT molecular complexity index is 1390. The van der Waals surface area contributed by atoms with Gasteiger partial charge in [0, 0.05) is 40.9 Å². The number of methoxy groups -OCH3 is 1. The quantitative estimate of drug-likeness (QED) is 0.452. The van der Waals surface area contributed by atoms with Crippen molar-refractivity contribution in [3.8, 4) is 11.6 Å². The van der Waals surface area contributed by atoms with Crippen molar-refractivity contribution in [1.82, 2.24) is 19.7 Å². The van der Waals surface area contributed by atoms with Crippen LogP contribution in [0.15, 0.2) is 53.6 Å². The second kappa shape index (κ2) is 8.89. The van der Waals surface area contributed by atoms with E-state index in [2.05, 4.69) is 20.5 Å². The van der Waals surface area contributed by atoms with E-state index in [1.807, 2.05) is 0 Å². The number of halogens is 3. The van der Waals surface area contributed by atoms with Gasteiger partial charge >= 0.3 is 0 Å². The number of hydrogen-bond acceptors (Lipinski definition) is 6. The predicted molar refractivity (Wildman–Crippen MR) is 118 cm³/mol. The standard InChI is InChI=1S/C23H20F3N5O2/c1-12(15-5-4-6-16(21(15)24)22(25)26)28-23-18-11-31(14-7-8-27-19(9-14)33-3)20(32)10-17(18)13(2)29-30-23/h4-12,22H,1-3H3,(H,28,30)/t12-/m1/s1. The Kier molecular flexibility index (Phi) is 5.99. The van der Waals surface area contributed by atoms with Crippen molar-refractivity contribution >= 4 is 16.6 Å². The van der Waals surface area contributed by atoms with Gasteiger partial charge in [0.05, 0.1) is 30.1 Å². The predicted octanol–water partition coefficient (Wildman–Crippen LogP) is 4.74. The summed E-state index contributed by atoms with van der Waals surface area (Å²) in [5.74, 6) is -0.359. The Morgan fingerprint density at radius 1 is 1.09 bits per heavy atom.